The molecule has 2 fully saturated rings. The molecule has 0 saturated carbocycles. The zero-order valence-electron chi connectivity index (χ0n) is 13.8. The highest BCUT2D eigenvalue weighted by Crippen LogP contribution is 2.28. The number of ether oxygens (including phenoxy) is 1. The monoisotopic (exact) mass is 330 g/mol. The van der Waals surface area contributed by atoms with Crippen LogP contribution in [0.5, 0.6) is 0 Å². The lowest BCUT2D eigenvalue weighted by Gasteiger charge is -2.37. The first kappa shape index (κ1) is 15.7. The molecule has 0 bridgehead atoms. The van der Waals surface area contributed by atoms with Gasteiger partial charge in [-0.3, -0.25) is 4.90 Å². The highest BCUT2D eigenvalue weighted by molar-refractivity contribution is 5.89. The van der Waals surface area contributed by atoms with Gasteiger partial charge in [-0.1, -0.05) is 0 Å². The first-order valence-corrected chi connectivity index (χ1v) is 8.75. The van der Waals surface area contributed by atoms with E-state index in [0.717, 1.165) is 69.1 Å². The van der Waals surface area contributed by atoms with Crippen LogP contribution in [0.3, 0.4) is 0 Å². The van der Waals surface area contributed by atoms with Crippen LogP contribution >= 0.6 is 0 Å². The maximum absolute atomic E-state index is 13.7. The molecule has 0 radical (unpaired) electrons. The van der Waals surface area contributed by atoms with Crippen molar-refractivity contribution >= 4 is 16.7 Å². The number of hydrogen-bond acceptors (Lipinski definition) is 5. The van der Waals surface area contributed by atoms with Gasteiger partial charge in [0, 0.05) is 38.1 Å². The molecule has 0 N–H and O–H groups in total. The Labute approximate surface area is 141 Å². The number of hydrogen-bond donors (Lipinski definition) is 0. The summed E-state index contributed by atoms with van der Waals surface area (Å²) < 4.78 is 19.1. The van der Waals surface area contributed by atoms with Gasteiger partial charge in [0.2, 0.25) is 0 Å². The van der Waals surface area contributed by atoms with Crippen molar-refractivity contribution in [1.82, 2.24) is 14.9 Å². The Hall–Kier alpha value is -1.79. The standard InChI is InChI=1S/C18H23FN4O/c19-15-3-4-17-16(10-15)18(21-13-20-17)23-5-1-2-14(12-23)11-22-6-8-24-9-7-22/h3-4,10,13-14H,1-2,5-9,11-12H2. The highest BCUT2D eigenvalue weighted by atomic mass is 19.1. The minimum Gasteiger partial charge on any atom is -0.379 e. The van der Waals surface area contributed by atoms with E-state index in [1.165, 1.54) is 12.5 Å². The molecule has 1 aromatic heterocycles. The van der Waals surface area contributed by atoms with Gasteiger partial charge in [0.15, 0.2) is 0 Å². The Morgan fingerprint density at radius 1 is 1.17 bits per heavy atom. The van der Waals surface area contributed by atoms with Gasteiger partial charge in [0.25, 0.3) is 0 Å². The minimum absolute atomic E-state index is 0.236. The van der Waals surface area contributed by atoms with E-state index in [0.29, 0.717) is 5.92 Å². The normalized spacial score (nSPS) is 22.9. The molecule has 0 spiro atoms. The number of nitrogens with zero attached hydrogens (tertiary/aromatic N) is 4. The van der Waals surface area contributed by atoms with Gasteiger partial charge in [-0.2, -0.15) is 0 Å². The van der Waals surface area contributed by atoms with Gasteiger partial charge in [0.05, 0.1) is 18.7 Å². The van der Waals surface area contributed by atoms with Gasteiger partial charge in [-0.15, -0.1) is 0 Å². The molecule has 5 nitrogen and oxygen atoms in total. The van der Waals surface area contributed by atoms with Crippen molar-refractivity contribution in [2.45, 2.75) is 12.8 Å². The van der Waals surface area contributed by atoms with E-state index in [4.69, 9.17) is 4.74 Å². The SMILES string of the molecule is Fc1ccc2ncnc(N3CCCC(CN4CCOCC4)C3)c2c1. The maximum atomic E-state index is 13.7. The van der Waals surface area contributed by atoms with Crippen LogP contribution in [0, 0.1) is 11.7 Å². The van der Waals surface area contributed by atoms with E-state index >= 15 is 0 Å². The summed E-state index contributed by atoms with van der Waals surface area (Å²) in [7, 11) is 0. The summed E-state index contributed by atoms with van der Waals surface area (Å²) in [6.45, 7) is 6.79. The highest BCUT2D eigenvalue weighted by Gasteiger charge is 2.25. The number of benzene rings is 1. The molecule has 1 aromatic carbocycles. The maximum Gasteiger partial charge on any atom is 0.139 e. The van der Waals surface area contributed by atoms with E-state index in [9.17, 15) is 4.39 Å². The van der Waals surface area contributed by atoms with Gasteiger partial charge in [-0.05, 0) is 37.0 Å². The molecule has 0 aliphatic carbocycles. The summed E-state index contributed by atoms with van der Waals surface area (Å²) in [6.07, 6.45) is 3.97. The molecule has 4 rings (SSSR count). The second kappa shape index (κ2) is 6.99. The van der Waals surface area contributed by atoms with Crippen molar-refractivity contribution in [2.75, 3.05) is 50.8 Å². The average Bonchev–Trinajstić information content (AvgIpc) is 2.62. The summed E-state index contributed by atoms with van der Waals surface area (Å²) >= 11 is 0. The second-order valence-corrected chi connectivity index (χ2v) is 6.73. The predicted molar refractivity (Wildman–Crippen MR) is 91.7 cm³/mol. The van der Waals surface area contributed by atoms with Crippen LogP contribution in [0.15, 0.2) is 24.5 Å². The lowest BCUT2D eigenvalue weighted by molar-refractivity contribution is 0.0296. The van der Waals surface area contributed by atoms with E-state index in [1.807, 2.05) is 0 Å². The molecule has 1 unspecified atom stereocenters. The number of anilines is 1. The Kier molecular flexibility index (Phi) is 4.58. The molecule has 2 aromatic rings. The lowest BCUT2D eigenvalue weighted by Crippen LogP contribution is -2.44. The first-order valence-electron chi connectivity index (χ1n) is 8.75. The van der Waals surface area contributed by atoms with E-state index in [2.05, 4.69) is 19.8 Å². The quantitative estimate of drug-likeness (QED) is 0.864. The molecule has 1 atom stereocenters. The zero-order valence-corrected chi connectivity index (χ0v) is 13.8. The first-order chi connectivity index (χ1) is 11.8. The molecular formula is C18H23FN4O. The molecule has 2 saturated heterocycles. The summed E-state index contributed by atoms with van der Waals surface area (Å²) in [5, 5.41) is 0.810. The number of rotatable bonds is 3. The van der Waals surface area contributed by atoms with Crippen LogP contribution in [-0.2, 0) is 4.74 Å². The molecule has 2 aliphatic heterocycles. The fraction of sp³-hybridized carbons (Fsp3) is 0.556. The summed E-state index contributed by atoms with van der Waals surface area (Å²) in [5.41, 5.74) is 0.803. The number of halogens is 1. The Balaban J connectivity index is 1.52. The molecule has 0 amide bonds. The van der Waals surface area contributed by atoms with Crippen LogP contribution in [0.1, 0.15) is 12.8 Å². The van der Waals surface area contributed by atoms with Gasteiger partial charge < -0.3 is 9.64 Å². The molecule has 6 heteroatoms. The lowest BCUT2D eigenvalue weighted by atomic mass is 9.97. The van der Waals surface area contributed by atoms with Crippen LogP contribution in [-0.4, -0.2) is 60.8 Å². The van der Waals surface area contributed by atoms with E-state index in [1.54, 1.807) is 18.5 Å². The summed E-state index contributed by atoms with van der Waals surface area (Å²) in [6, 6.07) is 4.73. The fourth-order valence-electron chi connectivity index (χ4n) is 3.82. The van der Waals surface area contributed by atoms with Crippen LogP contribution in [0.2, 0.25) is 0 Å². The van der Waals surface area contributed by atoms with E-state index in [-0.39, 0.29) is 5.82 Å². The predicted octanol–water partition coefficient (Wildman–Crippen LogP) is 2.32. The third-order valence-corrected chi connectivity index (χ3v) is 5.01. The number of fused-ring (bicyclic) bond motifs is 1. The van der Waals surface area contributed by atoms with Crippen LogP contribution < -0.4 is 4.90 Å². The van der Waals surface area contributed by atoms with Crippen LogP contribution in [0.4, 0.5) is 10.2 Å². The van der Waals surface area contributed by atoms with Crippen molar-refractivity contribution in [3.05, 3.63) is 30.3 Å². The van der Waals surface area contributed by atoms with Crippen molar-refractivity contribution in [3.8, 4) is 0 Å². The molecule has 3 heterocycles. The molecule has 2 aliphatic rings. The number of aromatic nitrogens is 2. The number of morpholine rings is 1. The van der Waals surface area contributed by atoms with Gasteiger partial charge in [-0.25, -0.2) is 14.4 Å². The third-order valence-electron chi connectivity index (χ3n) is 5.01. The Bertz CT molecular complexity index is 704. The van der Waals surface area contributed by atoms with Crippen molar-refractivity contribution in [3.63, 3.8) is 0 Å². The molecule has 24 heavy (non-hydrogen) atoms. The largest absolute Gasteiger partial charge is 0.379 e. The van der Waals surface area contributed by atoms with Crippen LogP contribution in [0.25, 0.3) is 10.9 Å². The zero-order chi connectivity index (χ0) is 16.4. The smallest absolute Gasteiger partial charge is 0.139 e. The van der Waals surface area contributed by atoms with Crippen molar-refractivity contribution in [2.24, 2.45) is 5.92 Å². The van der Waals surface area contributed by atoms with Crippen molar-refractivity contribution < 1.29 is 9.13 Å². The van der Waals surface area contributed by atoms with Gasteiger partial charge in [0.1, 0.15) is 18.0 Å². The molecular weight excluding hydrogens is 307 g/mol. The van der Waals surface area contributed by atoms with E-state index < -0.39 is 0 Å². The average molecular weight is 330 g/mol. The Morgan fingerprint density at radius 3 is 2.92 bits per heavy atom. The topological polar surface area (TPSA) is 41.5 Å². The summed E-state index contributed by atoms with van der Waals surface area (Å²) in [4.78, 5) is 13.5. The fourth-order valence-corrected chi connectivity index (χ4v) is 3.82. The van der Waals surface area contributed by atoms with Gasteiger partial charge >= 0.3 is 0 Å². The molecule has 128 valence electrons. The second-order valence-electron chi connectivity index (χ2n) is 6.73. The van der Waals surface area contributed by atoms with Crippen molar-refractivity contribution in [1.29, 1.82) is 0 Å². The number of piperidine rings is 1. The third kappa shape index (κ3) is 3.35. The Morgan fingerprint density at radius 2 is 2.04 bits per heavy atom. The minimum atomic E-state index is -0.236. The summed E-state index contributed by atoms with van der Waals surface area (Å²) in [5.74, 6) is 1.25.